The Balaban J connectivity index is 1.29. The van der Waals surface area contributed by atoms with E-state index in [-0.39, 0.29) is 5.91 Å². The molecule has 3 aromatic rings. The second-order valence-electron chi connectivity index (χ2n) is 9.58. The quantitative estimate of drug-likeness (QED) is 0.477. The Morgan fingerprint density at radius 3 is 2.61 bits per heavy atom. The molecule has 33 heavy (non-hydrogen) atoms. The van der Waals surface area contributed by atoms with Crippen LogP contribution in [0, 0.1) is 12.8 Å². The smallest absolute Gasteiger partial charge is 0.255 e. The van der Waals surface area contributed by atoms with Crippen molar-refractivity contribution in [3.8, 4) is 5.75 Å². The molecule has 2 aromatic carbocycles. The van der Waals surface area contributed by atoms with Crippen molar-refractivity contribution >= 4 is 22.5 Å². The maximum absolute atomic E-state index is 12.8. The minimum absolute atomic E-state index is 0.124. The number of carbonyl (C=O) groups excluding carboxylic acids is 1. The molecule has 1 saturated heterocycles. The molecule has 1 atom stereocenters. The van der Waals surface area contributed by atoms with Gasteiger partial charge in [0.1, 0.15) is 5.75 Å². The van der Waals surface area contributed by atoms with Crippen LogP contribution < -0.4 is 10.1 Å². The van der Waals surface area contributed by atoms with E-state index in [1.165, 1.54) is 37.7 Å². The zero-order chi connectivity index (χ0) is 22.8. The van der Waals surface area contributed by atoms with Crippen LogP contribution >= 0.6 is 0 Å². The van der Waals surface area contributed by atoms with E-state index in [0.717, 1.165) is 47.6 Å². The summed E-state index contributed by atoms with van der Waals surface area (Å²) >= 11 is 0. The maximum Gasteiger partial charge on any atom is 0.255 e. The number of amides is 1. The van der Waals surface area contributed by atoms with Gasteiger partial charge in [-0.1, -0.05) is 12.5 Å². The molecular formula is C28H33N3O2. The van der Waals surface area contributed by atoms with Gasteiger partial charge in [0.25, 0.3) is 5.91 Å². The Morgan fingerprint density at radius 2 is 1.88 bits per heavy atom. The number of benzene rings is 2. The normalized spacial score (nSPS) is 17.6. The molecule has 5 nitrogen and oxygen atoms in total. The molecule has 172 valence electrons. The third-order valence-electron chi connectivity index (χ3n) is 7.10. The van der Waals surface area contributed by atoms with Gasteiger partial charge in [0.05, 0.1) is 12.1 Å². The van der Waals surface area contributed by atoms with Crippen molar-refractivity contribution < 1.29 is 9.53 Å². The highest BCUT2D eigenvalue weighted by atomic mass is 16.5. The van der Waals surface area contributed by atoms with Crippen LogP contribution in [0.5, 0.6) is 5.75 Å². The molecule has 0 radical (unpaired) electrons. The molecular weight excluding hydrogens is 410 g/mol. The number of nitrogens with zero attached hydrogens (tertiary/aromatic N) is 2. The third kappa shape index (κ3) is 5.03. The predicted octanol–water partition coefficient (Wildman–Crippen LogP) is 6.13. The van der Waals surface area contributed by atoms with Gasteiger partial charge >= 0.3 is 0 Å². The molecule has 2 heterocycles. The molecule has 1 aliphatic heterocycles. The number of hydrogen-bond donors (Lipinski definition) is 1. The average molecular weight is 444 g/mol. The van der Waals surface area contributed by atoms with Gasteiger partial charge < -0.3 is 10.1 Å². The molecule has 0 bridgehead atoms. The highest BCUT2D eigenvalue weighted by Gasteiger charge is 2.22. The molecule has 0 spiro atoms. The Bertz CT molecular complexity index is 1130. The molecule has 1 unspecified atom stereocenters. The van der Waals surface area contributed by atoms with Crippen LogP contribution in [0.3, 0.4) is 0 Å². The highest BCUT2D eigenvalue weighted by Crippen LogP contribution is 2.31. The van der Waals surface area contributed by atoms with Gasteiger partial charge in [-0.15, -0.1) is 0 Å². The SMILES string of the molecule is Cc1c(NC(=O)c2ccc(OCC3CC3)cc2)ccc2cc(C(C)N3CCCCC3)cnc12. The Kier molecular flexibility index (Phi) is 6.32. The van der Waals surface area contributed by atoms with Crippen molar-refractivity contribution in [3.63, 3.8) is 0 Å². The molecule has 2 aliphatic rings. The summed E-state index contributed by atoms with van der Waals surface area (Å²) in [6, 6.07) is 14.1. The van der Waals surface area contributed by atoms with Crippen molar-refractivity contribution in [2.45, 2.75) is 52.0 Å². The van der Waals surface area contributed by atoms with Gasteiger partial charge in [0.2, 0.25) is 0 Å². The van der Waals surface area contributed by atoms with E-state index in [1.807, 2.05) is 43.5 Å². The first-order chi connectivity index (χ1) is 16.1. The lowest BCUT2D eigenvalue weighted by atomic mass is 10.0. The Morgan fingerprint density at radius 1 is 1.12 bits per heavy atom. The van der Waals surface area contributed by atoms with Crippen molar-refractivity contribution in [1.29, 1.82) is 0 Å². The van der Waals surface area contributed by atoms with Gasteiger partial charge in [-0.25, -0.2) is 0 Å². The Hall–Kier alpha value is -2.92. The van der Waals surface area contributed by atoms with Gasteiger partial charge in [0.15, 0.2) is 0 Å². The number of aryl methyl sites for hydroxylation is 1. The van der Waals surface area contributed by atoms with Gasteiger partial charge in [-0.3, -0.25) is 14.7 Å². The van der Waals surface area contributed by atoms with Crippen LogP contribution in [0.4, 0.5) is 5.69 Å². The number of piperidine rings is 1. The summed E-state index contributed by atoms with van der Waals surface area (Å²) in [5, 5.41) is 4.17. The number of rotatable bonds is 7. The number of ether oxygens (including phenoxy) is 1. The molecule has 5 heteroatoms. The van der Waals surface area contributed by atoms with E-state index in [1.54, 1.807) is 0 Å². The topological polar surface area (TPSA) is 54.5 Å². The van der Waals surface area contributed by atoms with Crippen molar-refractivity contribution in [1.82, 2.24) is 9.88 Å². The number of pyridine rings is 1. The summed E-state index contributed by atoms with van der Waals surface area (Å²) in [6.45, 7) is 7.40. The number of fused-ring (bicyclic) bond motifs is 1. The molecule has 1 N–H and O–H groups in total. The van der Waals surface area contributed by atoms with Gasteiger partial charge in [0, 0.05) is 28.9 Å². The van der Waals surface area contributed by atoms with E-state index < -0.39 is 0 Å². The van der Waals surface area contributed by atoms with Crippen LogP contribution in [0.2, 0.25) is 0 Å². The van der Waals surface area contributed by atoms with Crippen molar-refractivity contribution in [3.05, 3.63) is 65.4 Å². The van der Waals surface area contributed by atoms with E-state index in [2.05, 4.69) is 29.3 Å². The van der Waals surface area contributed by atoms with E-state index in [0.29, 0.717) is 17.5 Å². The molecule has 1 amide bonds. The second kappa shape index (κ2) is 9.52. The lowest BCUT2D eigenvalue weighted by molar-refractivity contribution is 0.102. The summed E-state index contributed by atoms with van der Waals surface area (Å²) < 4.78 is 5.77. The van der Waals surface area contributed by atoms with Crippen LogP contribution in [0.1, 0.15) is 66.6 Å². The fourth-order valence-corrected chi connectivity index (χ4v) is 4.64. The Labute approximate surface area is 196 Å². The summed E-state index contributed by atoms with van der Waals surface area (Å²) in [7, 11) is 0. The number of aromatic nitrogens is 1. The van der Waals surface area contributed by atoms with Crippen LogP contribution in [0.25, 0.3) is 10.9 Å². The number of carbonyl (C=O) groups is 1. The summed E-state index contributed by atoms with van der Waals surface area (Å²) in [5.74, 6) is 1.40. The highest BCUT2D eigenvalue weighted by molar-refractivity contribution is 6.06. The van der Waals surface area contributed by atoms with Crippen molar-refractivity contribution in [2.24, 2.45) is 5.92 Å². The number of nitrogens with one attached hydrogen (secondary N) is 1. The maximum atomic E-state index is 12.8. The van der Waals surface area contributed by atoms with E-state index in [9.17, 15) is 4.79 Å². The molecule has 1 aliphatic carbocycles. The monoisotopic (exact) mass is 443 g/mol. The fourth-order valence-electron chi connectivity index (χ4n) is 4.64. The predicted molar refractivity (Wildman–Crippen MR) is 133 cm³/mol. The third-order valence-corrected chi connectivity index (χ3v) is 7.10. The molecule has 5 rings (SSSR count). The number of hydrogen-bond acceptors (Lipinski definition) is 4. The van der Waals surface area contributed by atoms with Crippen LogP contribution in [-0.4, -0.2) is 35.5 Å². The number of likely N-dealkylation sites (tertiary alicyclic amines) is 1. The van der Waals surface area contributed by atoms with Gasteiger partial charge in [-0.2, -0.15) is 0 Å². The zero-order valence-corrected chi connectivity index (χ0v) is 19.6. The summed E-state index contributed by atoms with van der Waals surface area (Å²) in [5.41, 5.74) is 4.59. The summed E-state index contributed by atoms with van der Waals surface area (Å²) in [6.07, 6.45) is 8.43. The standard InChI is InChI=1S/C28H33N3O2/c1-19-26(30-28(32)22-8-11-25(12-9-22)33-18-21-6-7-21)13-10-23-16-24(17-29-27(19)23)20(2)31-14-4-3-5-15-31/h8-13,16-17,20-21H,3-7,14-15,18H2,1-2H3,(H,30,32). The largest absolute Gasteiger partial charge is 0.493 e. The van der Waals surface area contributed by atoms with E-state index >= 15 is 0 Å². The first kappa shape index (κ1) is 21.9. The van der Waals surface area contributed by atoms with Crippen LogP contribution in [0.15, 0.2) is 48.7 Å². The zero-order valence-electron chi connectivity index (χ0n) is 19.6. The van der Waals surface area contributed by atoms with Crippen LogP contribution in [-0.2, 0) is 0 Å². The minimum atomic E-state index is -0.124. The summed E-state index contributed by atoms with van der Waals surface area (Å²) in [4.78, 5) is 20.2. The van der Waals surface area contributed by atoms with Crippen molar-refractivity contribution in [2.75, 3.05) is 25.0 Å². The average Bonchev–Trinajstić information content (AvgIpc) is 3.69. The molecule has 2 fully saturated rings. The lowest BCUT2D eigenvalue weighted by Crippen LogP contribution is -2.32. The molecule has 1 aromatic heterocycles. The molecule has 1 saturated carbocycles. The number of anilines is 1. The first-order valence-electron chi connectivity index (χ1n) is 12.3. The minimum Gasteiger partial charge on any atom is -0.493 e. The first-order valence-corrected chi connectivity index (χ1v) is 12.3. The fraction of sp³-hybridized carbons (Fsp3) is 0.429. The second-order valence-corrected chi connectivity index (χ2v) is 9.58. The van der Waals surface area contributed by atoms with Gasteiger partial charge in [-0.05, 0) is 106 Å². The van der Waals surface area contributed by atoms with E-state index in [4.69, 9.17) is 9.72 Å². The lowest BCUT2D eigenvalue weighted by Gasteiger charge is -2.32.